The number of aldehydes is 2. The predicted molar refractivity (Wildman–Crippen MR) is 167 cm³/mol. The predicted octanol–water partition coefficient (Wildman–Crippen LogP) is 6.10. The number of hydrogen-bond acceptors (Lipinski definition) is 7. The van der Waals surface area contributed by atoms with E-state index in [1.807, 2.05) is 31.0 Å². The number of carbonyl (C=O) groups excluding carboxylic acids is 2. The molecule has 0 saturated carbocycles. The lowest BCUT2D eigenvalue weighted by Crippen LogP contribution is -2.25. The van der Waals surface area contributed by atoms with E-state index in [4.69, 9.17) is 33.9 Å². The average Bonchev–Trinajstić information content (AvgIpc) is 3.49. The molecule has 12 heteroatoms. The van der Waals surface area contributed by atoms with Crippen LogP contribution >= 0.6 is 23.2 Å². The molecule has 0 radical (unpaired) electrons. The SMILES string of the molecule is CNc1ccc(-c2nc(C3C[C@@H](C)C(=N/C(=C\C=O)c4cc(Cl)ccc4N/C=C(\N)Cl)N3C)[nH]c2F)cc1CCC=O. The first-order valence-corrected chi connectivity index (χ1v) is 14.1. The van der Waals surface area contributed by atoms with Gasteiger partial charge in [0.1, 0.15) is 35.1 Å². The Morgan fingerprint density at radius 1 is 1.26 bits per heavy atom. The van der Waals surface area contributed by atoms with Gasteiger partial charge in [0.05, 0.1) is 11.7 Å². The fourth-order valence-electron chi connectivity index (χ4n) is 5.09. The Hall–Kier alpha value is -4.15. The van der Waals surface area contributed by atoms with Crippen molar-refractivity contribution >= 4 is 58.7 Å². The lowest BCUT2D eigenvalue weighted by atomic mass is 10.0. The summed E-state index contributed by atoms with van der Waals surface area (Å²) in [5.41, 5.74) is 9.71. The van der Waals surface area contributed by atoms with Crippen LogP contribution in [0.3, 0.4) is 0 Å². The Bertz CT molecular complexity index is 1560. The van der Waals surface area contributed by atoms with Crippen LogP contribution in [0.5, 0.6) is 0 Å². The molecule has 0 bridgehead atoms. The number of anilines is 2. The highest BCUT2D eigenvalue weighted by molar-refractivity contribution is 6.31. The van der Waals surface area contributed by atoms with Gasteiger partial charge in [0.25, 0.3) is 0 Å². The number of likely N-dealkylation sites (tertiary alicyclic amines) is 1. The Labute approximate surface area is 253 Å². The largest absolute Gasteiger partial charge is 0.388 e. The quantitative estimate of drug-likeness (QED) is 0.117. The number of nitrogens with zero attached hydrogens (tertiary/aromatic N) is 3. The van der Waals surface area contributed by atoms with Crippen LogP contribution in [0, 0.1) is 11.9 Å². The van der Waals surface area contributed by atoms with Crippen LogP contribution in [0.1, 0.15) is 42.8 Å². The lowest BCUT2D eigenvalue weighted by Gasteiger charge is -2.21. The van der Waals surface area contributed by atoms with E-state index in [1.165, 1.54) is 12.3 Å². The summed E-state index contributed by atoms with van der Waals surface area (Å²) in [6, 6.07) is 10.3. The number of hydrogen-bond donors (Lipinski definition) is 4. The molecule has 1 aliphatic rings. The van der Waals surface area contributed by atoms with E-state index in [2.05, 4.69) is 20.6 Å². The van der Waals surface area contributed by atoms with Gasteiger partial charge < -0.3 is 31.0 Å². The maximum Gasteiger partial charge on any atom is 0.219 e. The number of aliphatic imine (C=N–C) groups is 1. The molecule has 42 heavy (non-hydrogen) atoms. The molecule has 4 rings (SSSR count). The maximum atomic E-state index is 15.3. The molecule has 3 aromatic rings. The van der Waals surface area contributed by atoms with E-state index in [0.717, 1.165) is 17.5 Å². The molecular weight excluding hydrogens is 580 g/mol. The van der Waals surface area contributed by atoms with Gasteiger partial charge >= 0.3 is 0 Å². The van der Waals surface area contributed by atoms with Crippen molar-refractivity contribution in [2.75, 3.05) is 24.7 Å². The van der Waals surface area contributed by atoms with Gasteiger partial charge in [-0.3, -0.25) is 4.79 Å². The fraction of sp³-hybridized carbons (Fsp3) is 0.267. The summed E-state index contributed by atoms with van der Waals surface area (Å²) in [4.78, 5) is 36.8. The van der Waals surface area contributed by atoms with Crippen LogP contribution in [-0.4, -0.2) is 47.4 Å². The van der Waals surface area contributed by atoms with Gasteiger partial charge in [-0.1, -0.05) is 36.2 Å². The van der Waals surface area contributed by atoms with Crippen molar-refractivity contribution in [2.24, 2.45) is 16.6 Å². The van der Waals surface area contributed by atoms with Gasteiger partial charge in [-0.25, -0.2) is 9.98 Å². The molecule has 9 nitrogen and oxygen atoms in total. The minimum Gasteiger partial charge on any atom is -0.388 e. The van der Waals surface area contributed by atoms with Crippen molar-refractivity contribution in [1.29, 1.82) is 0 Å². The van der Waals surface area contributed by atoms with E-state index < -0.39 is 5.95 Å². The summed E-state index contributed by atoms with van der Waals surface area (Å²) in [5, 5.41) is 6.63. The van der Waals surface area contributed by atoms with Crippen molar-refractivity contribution in [1.82, 2.24) is 14.9 Å². The molecule has 1 fully saturated rings. The molecule has 0 spiro atoms. The summed E-state index contributed by atoms with van der Waals surface area (Å²) in [5.74, 6) is 0.575. The second kappa shape index (κ2) is 13.7. The molecule has 1 aromatic heterocycles. The van der Waals surface area contributed by atoms with Gasteiger partial charge in [-0.15, -0.1) is 0 Å². The van der Waals surface area contributed by atoms with Crippen LogP contribution in [0.25, 0.3) is 17.0 Å². The van der Waals surface area contributed by atoms with Crippen LogP contribution in [0.2, 0.25) is 5.02 Å². The Morgan fingerprint density at radius 3 is 2.71 bits per heavy atom. The highest BCUT2D eigenvalue weighted by atomic mass is 35.5. The van der Waals surface area contributed by atoms with Crippen LogP contribution in [0.15, 0.2) is 58.8 Å². The molecule has 2 atom stereocenters. The molecule has 220 valence electrons. The number of aromatic amines is 1. The summed E-state index contributed by atoms with van der Waals surface area (Å²) >= 11 is 12.1. The van der Waals surface area contributed by atoms with Crippen LogP contribution in [-0.2, 0) is 16.0 Å². The number of carbonyl (C=O) groups is 2. The van der Waals surface area contributed by atoms with E-state index in [-0.39, 0.29) is 22.8 Å². The smallest absolute Gasteiger partial charge is 0.219 e. The molecule has 1 unspecified atom stereocenters. The third-order valence-electron chi connectivity index (χ3n) is 7.10. The molecular formula is C30H32Cl2FN7O2. The molecule has 5 N–H and O–H groups in total. The van der Waals surface area contributed by atoms with Gasteiger partial charge in [0, 0.05) is 66.2 Å². The van der Waals surface area contributed by atoms with Gasteiger partial charge in [0.15, 0.2) is 0 Å². The molecule has 1 aliphatic heterocycles. The van der Waals surface area contributed by atoms with Gasteiger partial charge in [0.2, 0.25) is 5.95 Å². The first-order chi connectivity index (χ1) is 20.2. The second-order valence-electron chi connectivity index (χ2n) is 9.90. The topological polar surface area (TPSA) is 128 Å². The average molecular weight is 613 g/mol. The number of nitrogens with one attached hydrogen (secondary N) is 3. The first kappa shape index (κ1) is 30.8. The molecule has 0 amide bonds. The molecule has 2 aromatic carbocycles. The second-order valence-corrected chi connectivity index (χ2v) is 10.8. The summed E-state index contributed by atoms with van der Waals surface area (Å²) in [7, 11) is 3.66. The number of benzene rings is 2. The van der Waals surface area contributed by atoms with Gasteiger partial charge in [-0.05, 0) is 48.7 Å². The zero-order valence-electron chi connectivity index (χ0n) is 23.4. The maximum absolute atomic E-state index is 15.3. The molecule has 1 saturated heterocycles. The fourth-order valence-corrected chi connectivity index (χ4v) is 5.32. The zero-order chi connectivity index (χ0) is 30.4. The normalized spacial score (nSPS) is 18.4. The van der Waals surface area contributed by atoms with E-state index in [0.29, 0.717) is 64.7 Å². The highest BCUT2D eigenvalue weighted by Gasteiger charge is 2.36. The number of imidazole rings is 1. The van der Waals surface area contributed by atoms with Crippen molar-refractivity contribution in [3.05, 3.63) is 81.8 Å². The van der Waals surface area contributed by atoms with Crippen LogP contribution < -0.4 is 16.4 Å². The standard InChI is InChI=1S/C30H32Cl2FN7O2/c1-17-13-25(29-38-27(28(33)39-29)19-6-8-22(35-2)18(14-19)5-4-11-41)40(3)30(17)37-24(10-12-42)21-15-20(31)7-9-23(21)36-16-26(32)34/h6-12,14-17,25,35-36H,4-5,13,34H2,1-3H3,(H,38,39)/b24-10-,26-16-,37-30?/t17-,25?/m1/s1. The van der Waals surface area contributed by atoms with Crippen molar-refractivity contribution < 1.29 is 14.0 Å². The molecule has 2 heterocycles. The summed E-state index contributed by atoms with van der Waals surface area (Å²) in [6.45, 7) is 2.01. The zero-order valence-corrected chi connectivity index (χ0v) is 24.9. The summed E-state index contributed by atoms with van der Waals surface area (Å²) in [6.07, 6.45) is 5.81. The van der Waals surface area contributed by atoms with Crippen molar-refractivity contribution in [2.45, 2.75) is 32.2 Å². The number of aryl methyl sites for hydroxylation is 1. The number of halogens is 3. The number of nitrogens with two attached hydrogens (primary N) is 1. The third kappa shape index (κ3) is 6.83. The Morgan fingerprint density at radius 2 is 2.02 bits per heavy atom. The Balaban J connectivity index is 1.67. The number of rotatable bonds is 11. The minimum atomic E-state index is -0.544. The van der Waals surface area contributed by atoms with E-state index >= 15 is 4.39 Å². The monoisotopic (exact) mass is 611 g/mol. The number of H-pyrrole nitrogens is 1. The van der Waals surface area contributed by atoms with Crippen molar-refractivity contribution in [3.8, 4) is 11.3 Å². The third-order valence-corrected chi connectivity index (χ3v) is 7.45. The van der Waals surface area contributed by atoms with E-state index in [1.54, 1.807) is 31.3 Å². The highest BCUT2D eigenvalue weighted by Crippen LogP contribution is 2.38. The number of aromatic nitrogens is 2. The first-order valence-electron chi connectivity index (χ1n) is 13.3. The van der Waals surface area contributed by atoms with E-state index in [9.17, 15) is 9.59 Å². The van der Waals surface area contributed by atoms with Crippen molar-refractivity contribution in [3.63, 3.8) is 0 Å². The lowest BCUT2D eigenvalue weighted by molar-refractivity contribution is -0.107. The minimum absolute atomic E-state index is 0.0366. The van der Waals surface area contributed by atoms with Gasteiger partial charge in [-0.2, -0.15) is 4.39 Å². The van der Waals surface area contributed by atoms with Crippen LogP contribution in [0.4, 0.5) is 15.8 Å². The molecule has 0 aliphatic carbocycles. The Kier molecular flexibility index (Phi) is 10.0. The number of amidine groups is 1. The summed E-state index contributed by atoms with van der Waals surface area (Å²) < 4.78 is 15.3. The number of allylic oxidation sites excluding steroid dienone is 1.